The molecule has 4 heteroatoms. The van der Waals surface area contributed by atoms with E-state index in [-0.39, 0.29) is 11.3 Å². The second-order valence-corrected chi connectivity index (χ2v) is 6.89. The molecule has 0 radical (unpaired) electrons. The molecule has 1 amide bonds. The third kappa shape index (κ3) is 3.82. The monoisotopic (exact) mass is 269 g/mol. The Bertz CT molecular complexity index is 418. The van der Waals surface area contributed by atoms with Gasteiger partial charge in [0.15, 0.2) is 0 Å². The first kappa shape index (κ1) is 15.2. The second-order valence-electron chi connectivity index (χ2n) is 5.64. The van der Waals surface area contributed by atoms with Crippen molar-refractivity contribution in [2.75, 3.05) is 6.54 Å². The number of thiophene rings is 1. The highest BCUT2D eigenvalue weighted by Crippen LogP contribution is 2.22. The van der Waals surface area contributed by atoms with Gasteiger partial charge in [-0.15, -0.1) is 11.3 Å². The van der Waals surface area contributed by atoms with E-state index in [1.165, 1.54) is 21.8 Å². The fourth-order valence-electron chi connectivity index (χ4n) is 1.57. The predicted octanol–water partition coefficient (Wildman–Crippen LogP) is 2.76. The number of hydrogen-bond donors (Lipinski definition) is 2. The molecule has 0 saturated carbocycles. The van der Waals surface area contributed by atoms with Crippen molar-refractivity contribution in [2.24, 2.45) is 5.41 Å². The average Bonchev–Trinajstić information content (AvgIpc) is 2.65. The molecule has 1 aromatic rings. The molecule has 0 spiro atoms. The molecule has 0 aliphatic heterocycles. The van der Waals surface area contributed by atoms with Crippen LogP contribution in [-0.4, -0.2) is 23.7 Å². The number of aliphatic hydroxyl groups is 1. The van der Waals surface area contributed by atoms with Crippen molar-refractivity contribution in [3.8, 4) is 0 Å². The SMILES string of the molecule is CCc1cc(C(=O)NCC(O)C(C)(C)C)sc1C. The first-order valence-electron chi connectivity index (χ1n) is 6.31. The summed E-state index contributed by atoms with van der Waals surface area (Å²) in [5, 5.41) is 12.7. The smallest absolute Gasteiger partial charge is 0.261 e. The normalized spacial score (nSPS) is 13.4. The van der Waals surface area contributed by atoms with Crippen LogP contribution in [0.3, 0.4) is 0 Å². The van der Waals surface area contributed by atoms with Gasteiger partial charge in [-0.05, 0) is 30.4 Å². The Kier molecular flexibility index (Phi) is 4.93. The number of carbonyl (C=O) groups is 1. The molecular formula is C14H23NO2S. The standard InChI is InChI=1S/C14H23NO2S/c1-6-10-7-11(18-9(10)2)13(17)15-8-12(16)14(3,4)5/h7,12,16H,6,8H2,1-5H3,(H,15,17). The molecule has 2 N–H and O–H groups in total. The van der Waals surface area contributed by atoms with E-state index in [2.05, 4.69) is 12.2 Å². The van der Waals surface area contributed by atoms with Gasteiger partial charge >= 0.3 is 0 Å². The number of carbonyl (C=O) groups excluding carboxylic acids is 1. The van der Waals surface area contributed by atoms with E-state index in [0.717, 1.165) is 11.3 Å². The van der Waals surface area contributed by atoms with E-state index in [1.54, 1.807) is 0 Å². The number of aliphatic hydroxyl groups excluding tert-OH is 1. The van der Waals surface area contributed by atoms with Crippen molar-refractivity contribution in [2.45, 2.75) is 47.1 Å². The summed E-state index contributed by atoms with van der Waals surface area (Å²) in [4.78, 5) is 13.9. The zero-order valence-corrected chi connectivity index (χ0v) is 12.6. The van der Waals surface area contributed by atoms with Crippen LogP contribution in [0.4, 0.5) is 0 Å². The molecule has 1 rings (SSSR count). The van der Waals surface area contributed by atoms with Crippen LogP contribution >= 0.6 is 11.3 Å². The molecule has 1 heterocycles. The summed E-state index contributed by atoms with van der Waals surface area (Å²) in [5.74, 6) is -0.0916. The minimum atomic E-state index is -0.534. The molecule has 0 saturated heterocycles. The van der Waals surface area contributed by atoms with E-state index in [4.69, 9.17) is 0 Å². The molecule has 1 aromatic heterocycles. The van der Waals surface area contributed by atoms with Gasteiger partial charge in [0.25, 0.3) is 5.91 Å². The lowest BCUT2D eigenvalue weighted by atomic mass is 9.89. The van der Waals surface area contributed by atoms with Gasteiger partial charge in [-0.3, -0.25) is 4.79 Å². The number of nitrogens with one attached hydrogen (secondary N) is 1. The Labute approximate surface area is 113 Å². The van der Waals surface area contributed by atoms with Crippen LogP contribution in [0, 0.1) is 12.3 Å². The molecule has 18 heavy (non-hydrogen) atoms. The van der Waals surface area contributed by atoms with Crippen molar-refractivity contribution < 1.29 is 9.90 Å². The van der Waals surface area contributed by atoms with Gasteiger partial charge in [0.05, 0.1) is 11.0 Å². The van der Waals surface area contributed by atoms with Gasteiger partial charge in [0.2, 0.25) is 0 Å². The van der Waals surface area contributed by atoms with Gasteiger partial charge in [-0.25, -0.2) is 0 Å². The lowest BCUT2D eigenvalue weighted by molar-refractivity contribution is 0.0588. The van der Waals surface area contributed by atoms with Gasteiger partial charge < -0.3 is 10.4 Å². The van der Waals surface area contributed by atoms with Gasteiger partial charge in [-0.2, -0.15) is 0 Å². The molecule has 0 bridgehead atoms. The predicted molar refractivity (Wildman–Crippen MR) is 76.2 cm³/mol. The van der Waals surface area contributed by atoms with Crippen LogP contribution < -0.4 is 5.32 Å². The highest BCUT2D eigenvalue weighted by molar-refractivity contribution is 7.14. The van der Waals surface area contributed by atoms with Gasteiger partial charge in [-0.1, -0.05) is 27.7 Å². The van der Waals surface area contributed by atoms with E-state index in [1.807, 2.05) is 33.8 Å². The quantitative estimate of drug-likeness (QED) is 0.883. The molecule has 0 aromatic carbocycles. The van der Waals surface area contributed by atoms with Crippen molar-refractivity contribution in [1.29, 1.82) is 0 Å². The minimum absolute atomic E-state index is 0.0916. The van der Waals surface area contributed by atoms with Crippen LogP contribution in [0.25, 0.3) is 0 Å². The fourth-order valence-corrected chi connectivity index (χ4v) is 2.60. The van der Waals surface area contributed by atoms with Crippen molar-refractivity contribution >= 4 is 17.2 Å². The van der Waals surface area contributed by atoms with E-state index < -0.39 is 6.10 Å². The Balaban J connectivity index is 2.60. The van der Waals surface area contributed by atoms with Crippen LogP contribution in [0.15, 0.2) is 6.07 Å². The highest BCUT2D eigenvalue weighted by Gasteiger charge is 2.23. The highest BCUT2D eigenvalue weighted by atomic mass is 32.1. The topological polar surface area (TPSA) is 49.3 Å². The molecule has 1 atom stereocenters. The molecule has 1 unspecified atom stereocenters. The van der Waals surface area contributed by atoms with Crippen LogP contribution in [0.5, 0.6) is 0 Å². The van der Waals surface area contributed by atoms with Crippen molar-refractivity contribution in [1.82, 2.24) is 5.32 Å². The third-order valence-corrected chi connectivity index (χ3v) is 4.17. The van der Waals surface area contributed by atoms with Crippen molar-refractivity contribution in [3.05, 3.63) is 21.4 Å². The maximum Gasteiger partial charge on any atom is 0.261 e. The third-order valence-electron chi connectivity index (χ3n) is 3.08. The summed E-state index contributed by atoms with van der Waals surface area (Å²) in [6.07, 6.45) is 0.411. The molecule has 0 aliphatic carbocycles. The van der Waals surface area contributed by atoms with E-state index in [9.17, 15) is 9.90 Å². The zero-order valence-electron chi connectivity index (χ0n) is 11.8. The Morgan fingerprint density at radius 3 is 2.56 bits per heavy atom. The van der Waals surface area contributed by atoms with E-state index >= 15 is 0 Å². The minimum Gasteiger partial charge on any atom is -0.391 e. The number of rotatable bonds is 4. The number of hydrogen-bond acceptors (Lipinski definition) is 3. The maximum atomic E-state index is 11.9. The average molecular weight is 269 g/mol. The zero-order chi connectivity index (χ0) is 13.9. The maximum absolute atomic E-state index is 11.9. The summed E-state index contributed by atoms with van der Waals surface area (Å²) in [5.41, 5.74) is 1.01. The molecule has 0 fully saturated rings. The van der Waals surface area contributed by atoms with Gasteiger partial charge in [0, 0.05) is 11.4 Å². The first-order valence-corrected chi connectivity index (χ1v) is 7.13. The largest absolute Gasteiger partial charge is 0.391 e. The number of aryl methyl sites for hydroxylation is 2. The van der Waals surface area contributed by atoms with E-state index in [0.29, 0.717) is 6.54 Å². The lowest BCUT2D eigenvalue weighted by Gasteiger charge is -2.25. The van der Waals surface area contributed by atoms with Crippen molar-refractivity contribution in [3.63, 3.8) is 0 Å². The van der Waals surface area contributed by atoms with Crippen LogP contribution in [0.2, 0.25) is 0 Å². The summed E-state index contributed by atoms with van der Waals surface area (Å²) in [6, 6.07) is 1.94. The van der Waals surface area contributed by atoms with Crippen LogP contribution in [-0.2, 0) is 6.42 Å². The molecule has 3 nitrogen and oxygen atoms in total. The van der Waals surface area contributed by atoms with Crippen LogP contribution in [0.1, 0.15) is 47.8 Å². The summed E-state index contributed by atoms with van der Waals surface area (Å²) in [6.45, 7) is 10.3. The Hall–Kier alpha value is -0.870. The molecule has 0 aliphatic rings. The Morgan fingerprint density at radius 2 is 2.11 bits per heavy atom. The lowest BCUT2D eigenvalue weighted by Crippen LogP contribution is -2.39. The first-order chi connectivity index (χ1) is 8.25. The fraction of sp³-hybridized carbons (Fsp3) is 0.643. The summed E-state index contributed by atoms with van der Waals surface area (Å²) in [7, 11) is 0. The number of amides is 1. The summed E-state index contributed by atoms with van der Waals surface area (Å²) >= 11 is 1.51. The summed E-state index contributed by atoms with van der Waals surface area (Å²) < 4.78 is 0. The van der Waals surface area contributed by atoms with Gasteiger partial charge in [0.1, 0.15) is 0 Å². The second kappa shape index (κ2) is 5.85. The molecule has 102 valence electrons. The Morgan fingerprint density at radius 1 is 1.50 bits per heavy atom. The molecular weight excluding hydrogens is 246 g/mol.